The van der Waals surface area contributed by atoms with E-state index < -0.39 is 0 Å². The van der Waals surface area contributed by atoms with Gasteiger partial charge in [0.2, 0.25) is 0 Å². The molecule has 1 heterocycles. The van der Waals surface area contributed by atoms with Crippen molar-refractivity contribution in [3.63, 3.8) is 0 Å². The molecule has 0 aliphatic carbocycles. The summed E-state index contributed by atoms with van der Waals surface area (Å²) in [6, 6.07) is 13.5. The molecule has 0 saturated heterocycles. The minimum atomic E-state index is 0.460. The largest absolute Gasteiger partial charge is 0.497 e. The van der Waals surface area contributed by atoms with Gasteiger partial charge in [-0.15, -0.1) is 0 Å². The summed E-state index contributed by atoms with van der Waals surface area (Å²) in [7, 11) is 1.64. The minimum absolute atomic E-state index is 0.460. The van der Waals surface area contributed by atoms with Gasteiger partial charge in [-0.2, -0.15) is 0 Å². The highest BCUT2D eigenvalue weighted by Crippen LogP contribution is 2.24. The van der Waals surface area contributed by atoms with Gasteiger partial charge in [-0.05, 0) is 35.9 Å². The number of nitrogens with two attached hydrogens (primary N) is 1. The third-order valence-corrected chi connectivity index (χ3v) is 3.41. The zero-order valence-corrected chi connectivity index (χ0v) is 11.8. The maximum absolute atomic E-state index is 5.77. The highest BCUT2D eigenvalue weighted by Gasteiger charge is 2.07. The molecular weight excluding hydrogens is 266 g/mol. The van der Waals surface area contributed by atoms with E-state index in [0.29, 0.717) is 13.2 Å². The molecule has 108 valence electrons. The summed E-state index contributed by atoms with van der Waals surface area (Å²) in [5.74, 6) is 1.61. The lowest BCUT2D eigenvalue weighted by molar-refractivity contribution is 0.305. The van der Waals surface area contributed by atoms with E-state index in [2.05, 4.69) is 0 Å². The summed E-state index contributed by atoms with van der Waals surface area (Å²) in [6.45, 7) is 0.968. The Kier molecular flexibility index (Phi) is 3.79. The first kappa shape index (κ1) is 13.5. The molecule has 1 aromatic heterocycles. The van der Waals surface area contributed by atoms with Crippen LogP contribution in [0.4, 0.5) is 0 Å². The monoisotopic (exact) mass is 283 g/mol. The molecule has 2 aromatic carbocycles. The van der Waals surface area contributed by atoms with Crippen LogP contribution in [0.1, 0.15) is 11.1 Å². The normalized spacial score (nSPS) is 10.8. The average Bonchev–Trinajstić information content (AvgIpc) is 2.95. The molecule has 4 nitrogen and oxygen atoms in total. The smallest absolute Gasteiger partial charge is 0.134 e. The van der Waals surface area contributed by atoms with Gasteiger partial charge in [-0.3, -0.25) is 0 Å². The van der Waals surface area contributed by atoms with Crippen LogP contribution >= 0.6 is 0 Å². The third-order valence-electron chi connectivity index (χ3n) is 3.41. The van der Waals surface area contributed by atoms with E-state index in [9.17, 15) is 0 Å². The van der Waals surface area contributed by atoms with Crippen molar-refractivity contribution in [1.82, 2.24) is 0 Å². The van der Waals surface area contributed by atoms with Crippen molar-refractivity contribution < 1.29 is 13.9 Å². The van der Waals surface area contributed by atoms with E-state index in [-0.39, 0.29) is 0 Å². The molecule has 0 radical (unpaired) electrons. The standard InChI is InChI=1S/C17H17NO3/c1-19-14-3-5-15(6-4-14)20-10-13-11-21-17-8-12(9-18)2-7-16(13)17/h2-8,11H,9-10,18H2,1H3. The zero-order chi connectivity index (χ0) is 14.7. The molecule has 0 bridgehead atoms. The lowest BCUT2D eigenvalue weighted by Crippen LogP contribution is -1.96. The molecule has 4 heteroatoms. The molecule has 0 aliphatic rings. The Balaban J connectivity index is 1.75. The van der Waals surface area contributed by atoms with Crippen molar-refractivity contribution in [2.75, 3.05) is 7.11 Å². The minimum Gasteiger partial charge on any atom is -0.497 e. The van der Waals surface area contributed by atoms with Crippen LogP contribution in [0.2, 0.25) is 0 Å². The van der Waals surface area contributed by atoms with Crippen LogP contribution in [0, 0.1) is 0 Å². The molecule has 0 fully saturated rings. The second-order valence-corrected chi connectivity index (χ2v) is 4.76. The first-order valence-electron chi connectivity index (χ1n) is 6.76. The highest BCUT2D eigenvalue weighted by molar-refractivity contribution is 5.81. The Bertz CT molecular complexity index is 731. The molecule has 0 spiro atoms. The topological polar surface area (TPSA) is 57.6 Å². The van der Waals surface area contributed by atoms with Crippen molar-refractivity contribution in [1.29, 1.82) is 0 Å². The molecule has 0 atom stereocenters. The number of hydrogen-bond acceptors (Lipinski definition) is 4. The van der Waals surface area contributed by atoms with Crippen LogP contribution < -0.4 is 15.2 Å². The van der Waals surface area contributed by atoms with Crippen LogP contribution in [0.3, 0.4) is 0 Å². The number of fused-ring (bicyclic) bond motifs is 1. The molecule has 0 saturated carbocycles. The van der Waals surface area contributed by atoms with Crippen LogP contribution in [0.5, 0.6) is 11.5 Å². The highest BCUT2D eigenvalue weighted by atomic mass is 16.5. The van der Waals surface area contributed by atoms with Crippen molar-refractivity contribution in [2.24, 2.45) is 5.73 Å². The zero-order valence-electron chi connectivity index (χ0n) is 11.8. The SMILES string of the molecule is COc1ccc(OCc2coc3cc(CN)ccc23)cc1. The maximum atomic E-state index is 5.77. The van der Waals surface area contributed by atoms with Gasteiger partial charge < -0.3 is 19.6 Å². The average molecular weight is 283 g/mol. The van der Waals surface area contributed by atoms with Gasteiger partial charge in [0, 0.05) is 17.5 Å². The molecule has 3 aromatic rings. The van der Waals surface area contributed by atoms with Crippen LogP contribution in [0.25, 0.3) is 11.0 Å². The van der Waals surface area contributed by atoms with E-state index in [1.54, 1.807) is 13.4 Å². The van der Waals surface area contributed by atoms with Crippen LogP contribution in [-0.2, 0) is 13.2 Å². The van der Waals surface area contributed by atoms with Gasteiger partial charge in [-0.1, -0.05) is 12.1 Å². The van der Waals surface area contributed by atoms with Gasteiger partial charge in [0.1, 0.15) is 23.7 Å². The molecule has 0 aliphatic heterocycles. The fourth-order valence-electron chi connectivity index (χ4n) is 2.20. The van der Waals surface area contributed by atoms with Crippen molar-refractivity contribution >= 4 is 11.0 Å². The Morgan fingerprint density at radius 1 is 1.05 bits per heavy atom. The lowest BCUT2D eigenvalue weighted by Gasteiger charge is -2.06. The van der Waals surface area contributed by atoms with Crippen molar-refractivity contribution in [2.45, 2.75) is 13.2 Å². The Hall–Kier alpha value is -2.46. The molecule has 0 amide bonds. The summed E-state index contributed by atoms with van der Waals surface area (Å²) in [4.78, 5) is 0. The number of benzene rings is 2. The second-order valence-electron chi connectivity index (χ2n) is 4.76. The quantitative estimate of drug-likeness (QED) is 0.779. The summed E-state index contributed by atoms with van der Waals surface area (Å²) in [5.41, 5.74) is 8.54. The molecule has 3 rings (SSSR count). The van der Waals surface area contributed by atoms with Crippen molar-refractivity contribution in [3.8, 4) is 11.5 Å². The number of hydrogen-bond donors (Lipinski definition) is 1. The molecule has 0 unspecified atom stereocenters. The number of rotatable bonds is 5. The predicted octanol–water partition coefficient (Wildman–Crippen LogP) is 3.48. The number of ether oxygens (including phenoxy) is 2. The van der Waals surface area contributed by atoms with Gasteiger partial charge in [0.15, 0.2) is 0 Å². The van der Waals surface area contributed by atoms with E-state index >= 15 is 0 Å². The summed E-state index contributed by atoms with van der Waals surface area (Å²) in [5, 5.41) is 1.06. The first-order valence-corrected chi connectivity index (χ1v) is 6.76. The van der Waals surface area contributed by atoms with Crippen LogP contribution in [-0.4, -0.2) is 7.11 Å². The Labute approximate surface area is 123 Å². The van der Waals surface area contributed by atoms with Crippen molar-refractivity contribution in [3.05, 3.63) is 59.9 Å². The van der Waals surface area contributed by atoms with Gasteiger partial charge in [0.05, 0.1) is 13.4 Å². The summed E-state index contributed by atoms with van der Waals surface area (Å²) >= 11 is 0. The number of methoxy groups -OCH3 is 1. The Morgan fingerprint density at radius 3 is 2.52 bits per heavy atom. The predicted molar refractivity (Wildman–Crippen MR) is 81.4 cm³/mol. The second kappa shape index (κ2) is 5.89. The maximum Gasteiger partial charge on any atom is 0.134 e. The van der Waals surface area contributed by atoms with E-state index in [4.69, 9.17) is 19.6 Å². The molecular formula is C17H17NO3. The first-order chi connectivity index (χ1) is 10.3. The molecule has 21 heavy (non-hydrogen) atoms. The molecule has 2 N–H and O–H groups in total. The van der Waals surface area contributed by atoms with Gasteiger partial charge in [0.25, 0.3) is 0 Å². The lowest BCUT2D eigenvalue weighted by atomic mass is 10.1. The number of furan rings is 1. The van der Waals surface area contributed by atoms with E-state index in [0.717, 1.165) is 33.6 Å². The fourth-order valence-corrected chi connectivity index (χ4v) is 2.20. The summed E-state index contributed by atoms with van der Waals surface area (Å²) in [6.07, 6.45) is 1.73. The van der Waals surface area contributed by atoms with E-state index in [1.165, 1.54) is 0 Å². The third kappa shape index (κ3) is 2.85. The van der Waals surface area contributed by atoms with E-state index in [1.807, 2.05) is 42.5 Å². The van der Waals surface area contributed by atoms with Gasteiger partial charge in [-0.25, -0.2) is 0 Å². The van der Waals surface area contributed by atoms with Crippen LogP contribution in [0.15, 0.2) is 53.1 Å². The summed E-state index contributed by atoms with van der Waals surface area (Å²) < 4.78 is 16.5. The fraction of sp³-hybridized carbons (Fsp3) is 0.176. The van der Waals surface area contributed by atoms with Gasteiger partial charge >= 0.3 is 0 Å². The Morgan fingerprint density at radius 2 is 1.81 bits per heavy atom.